The second-order valence-corrected chi connectivity index (χ2v) is 8.52. The van der Waals surface area contributed by atoms with Gasteiger partial charge in [0, 0.05) is 22.6 Å². The van der Waals surface area contributed by atoms with Gasteiger partial charge in [0.25, 0.3) is 5.91 Å². The first-order valence-corrected chi connectivity index (χ1v) is 11.5. The van der Waals surface area contributed by atoms with E-state index in [1.165, 1.54) is 6.07 Å². The Morgan fingerprint density at radius 2 is 1.35 bits per heavy atom. The van der Waals surface area contributed by atoms with Crippen molar-refractivity contribution in [2.45, 2.75) is 20.5 Å². The monoisotopic (exact) mass is 498 g/mol. The molecule has 37 heavy (non-hydrogen) atoms. The molecule has 188 valence electrons. The number of anilines is 3. The lowest BCUT2D eigenvalue weighted by atomic mass is 10.0. The van der Waals surface area contributed by atoms with Crippen LogP contribution in [0.25, 0.3) is 0 Å². The standard InChI is InChI=1S/C29H26N2O6/c1-18-4-14-25(29(33)34)26(15-18)28(32)31-22-8-12-24(13-9-22)37-23-10-6-21(7-11-23)30-27-16-19(2)3-5-20(27)17-36-35/h3-16,30,35H,17H2,1-2H3,(H,31,32)(H,33,34). The number of benzene rings is 4. The molecule has 0 unspecified atom stereocenters. The molecule has 0 bridgehead atoms. The number of carboxylic acids is 1. The van der Waals surface area contributed by atoms with Crippen LogP contribution in [0.4, 0.5) is 17.1 Å². The highest BCUT2D eigenvalue weighted by Crippen LogP contribution is 2.28. The molecule has 0 spiro atoms. The molecule has 0 saturated carbocycles. The van der Waals surface area contributed by atoms with Gasteiger partial charge in [-0.1, -0.05) is 23.8 Å². The van der Waals surface area contributed by atoms with Gasteiger partial charge in [0.1, 0.15) is 18.1 Å². The van der Waals surface area contributed by atoms with Crippen LogP contribution in [0, 0.1) is 13.8 Å². The van der Waals surface area contributed by atoms with E-state index in [-0.39, 0.29) is 17.7 Å². The van der Waals surface area contributed by atoms with Crippen LogP contribution in [0.5, 0.6) is 11.5 Å². The predicted octanol–water partition coefficient (Wildman–Crippen LogP) is 6.78. The van der Waals surface area contributed by atoms with Crippen molar-refractivity contribution in [1.82, 2.24) is 0 Å². The Balaban J connectivity index is 1.40. The highest BCUT2D eigenvalue weighted by Gasteiger charge is 2.17. The van der Waals surface area contributed by atoms with Gasteiger partial charge in [-0.3, -0.25) is 10.1 Å². The van der Waals surface area contributed by atoms with Gasteiger partial charge in [-0.2, -0.15) is 0 Å². The van der Waals surface area contributed by atoms with Crippen molar-refractivity contribution in [3.05, 3.63) is 113 Å². The summed E-state index contributed by atoms with van der Waals surface area (Å²) in [5, 5.41) is 24.2. The van der Waals surface area contributed by atoms with Gasteiger partial charge < -0.3 is 20.5 Å². The van der Waals surface area contributed by atoms with Crippen molar-refractivity contribution in [3.8, 4) is 11.5 Å². The van der Waals surface area contributed by atoms with Crippen LogP contribution in [0.2, 0.25) is 0 Å². The van der Waals surface area contributed by atoms with E-state index in [0.29, 0.717) is 17.2 Å². The zero-order valence-electron chi connectivity index (χ0n) is 20.3. The molecule has 4 aromatic rings. The van der Waals surface area contributed by atoms with Crippen LogP contribution < -0.4 is 15.4 Å². The minimum atomic E-state index is -1.16. The second kappa shape index (κ2) is 11.4. The molecule has 0 atom stereocenters. The van der Waals surface area contributed by atoms with Gasteiger partial charge in [0.05, 0.1) is 11.1 Å². The summed E-state index contributed by atoms with van der Waals surface area (Å²) in [7, 11) is 0. The van der Waals surface area contributed by atoms with Crippen molar-refractivity contribution < 1.29 is 29.6 Å². The van der Waals surface area contributed by atoms with E-state index >= 15 is 0 Å². The number of hydrogen-bond acceptors (Lipinski definition) is 6. The maximum Gasteiger partial charge on any atom is 0.336 e. The van der Waals surface area contributed by atoms with Crippen LogP contribution in [-0.4, -0.2) is 22.2 Å². The third kappa shape index (κ3) is 6.52. The summed E-state index contributed by atoms with van der Waals surface area (Å²) < 4.78 is 5.90. The van der Waals surface area contributed by atoms with E-state index in [1.54, 1.807) is 43.3 Å². The Bertz CT molecular complexity index is 1420. The number of hydrogen-bond donors (Lipinski definition) is 4. The fraction of sp³-hybridized carbons (Fsp3) is 0.103. The third-order valence-electron chi connectivity index (χ3n) is 5.62. The average molecular weight is 499 g/mol. The van der Waals surface area contributed by atoms with Gasteiger partial charge in [0.2, 0.25) is 0 Å². The Morgan fingerprint density at radius 3 is 1.97 bits per heavy atom. The molecular weight excluding hydrogens is 472 g/mol. The van der Waals surface area contributed by atoms with Crippen molar-refractivity contribution in [2.75, 3.05) is 10.6 Å². The number of carbonyl (C=O) groups is 2. The van der Waals surface area contributed by atoms with Crippen LogP contribution >= 0.6 is 0 Å². The fourth-order valence-corrected chi connectivity index (χ4v) is 3.74. The smallest absolute Gasteiger partial charge is 0.336 e. The first-order chi connectivity index (χ1) is 17.8. The van der Waals surface area contributed by atoms with E-state index in [0.717, 1.165) is 28.1 Å². The minimum Gasteiger partial charge on any atom is -0.478 e. The number of rotatable bonds is 9. The van der Waals surface area contributed by atoms with Crippen molar-refractivity contribution >= 4 is 28.9 Å². The maximum atomic E-state index is 12.7. The molecule has 8 heteroatoms. The van der Waals surface area contributed by atoms with Crippen molar-refractivity contribution in [3.63, 3.8) is 0 Å². The number of carboxylic acid groups (broad SMARTS) is 1. The third-order valence-corrected chi connectivity index (χ3v) is 5.62. The minimum absolute atomic E-state index is 0.0543. The molecule has 0 aliphatic heterocycles. The van der Waals surface area contributed by atoms with Crippen LogP contribution in [-0.2, 0) is 11.5 Å². The summed E-state index contributed by atoms with van der Waals surface area (Å²) in [6.07, 6.45) is 0. The van der Waals surface area contributed by atoms with Gasteiger partial charge in [-0.15, -0.1) is 0 Å². The lowest BCUT2D eigenvalue weighted by Gasteiger charge is -2.13. The summed E-state index contributed by atoms with van der Waals surface area (Å²) >= 11 is 0. The Hall–Kier alpha value is -4.66. The maximum absolute atomic E-state index is 12.7. The van der Waals surface area contributed by atoms with Crippen LogP contribution in [0.15, 0.2) is 84.9 Å². The topological polar surface area (TPSA) is 117 Å². The van der Waals surface area contributed by atoms with E-state index in [2.05, 4.69) is 15.5 Å². The highest BCUT2D eigenvalue weighted by atomic mass is 17.1. The Labute approximate surface area is 214 Å². The molecule has 0 aromatic heterocycles. The molecule has 0 radical (unpaired) electrons. The molecule has 8 nitrogen and oxygen atoms in total. The van der Waals surface area contributed by atoms with E-state index in [4.69, 9.17) is 9.99 Å². The lowest BCUT2D eigenvalue weighted by Crippen LogP contribution is -2.16. The lowest BCUT2D eigenvalue weighted by molar-refractivity contribution is -0.252. The van der Waals surface area contributed by atoms with Gasteiger partial charge >= 0.3 is 5.97 Å². The molecule has 4 N–H and O–H groups in total. The number of amides is 1. The first kappa shape index (κ1) is 25.4. The van der Waals surface area contributed by atoms with Crippen LogP contribution in [0.3, 0.4) is 0 Å². The van der Waals surface area contributed by atoms with Gasteiger partial charge in [0.15, 0.2) is 0 Å². The summed E-state index contributed by atoms with van der Waals surface area (Å²) in [6, 6.07) is 24.6. The number of aryl methyl sites for hydroxylation is 2. The second-order valence-electron chi connectivity index (χ2n) is 8.52. The normalized spacial score (nSPS) is 10.6. The van der Waals surface area contributed by atoms with Gasteiger partial charge in [-0.25, -0.2) is 9.68 Å². The number of nitrogens with one attached hydrogen (secondary N) is 2. The summed E-state index contributed by atoms with van der Waals surface area (Å²) in [4.78, 5) is 28.4. The Morgan fingerprint density at radius 1 is 0.757 bits per heavy atom. The molecule has 0 heterocycles. The van der Waals surface area contributed by atoms with Crippen molar-refractivity contribution in [2.24, 2.45) is 0 Å². The molecule has 4 rings (SSSR count). The first-order valence-electron chi connectivity index (χ1n) is 11.5. The number of aromatic carboxylic acids is 1. The van der Waals surface area contributed by atoms with E-state index in [1.807, 2.05) is 49.4 Å². The summed E-state index contributed by atoms with van der Waals surface area (Å²) in [5.41, 5.74) is 4.92. The summed E-state index contributed by atoms with van der Waals surface area (Å²) in [6.45, 7) is 3.85. The average Bonchev–Trinajstić information content (AvgIpc) is 2.88. The van der Waals surface area contributed by atoms with E-state index in [9.17, 15) is 14.7 Å². The van der Waals surface area contributed by atoms with Gasteiger partial charge in [-0.05, 0) is 86.1 Å². The number of ether oxygens (including phenoxy) is 1. The SMILES string of the molecule is Cc1ccc(COO)c(Nc2ccc(Oc3ccc(NC(=O)c4cc(C)ccc4C(=O)O)cc3)cc2)c1. The zero-order valence-corrected chi connectivity index (χ0v) is 20.3. The zero-order chi connectivity index (χ0) is 26.4. The Kier molecular flexibility index (Phi) is 7.83. The highest BCUT2D eigenvalue weighted by molar-refractivity contribution is 6.10. The molecule has 4 aromatic carbocycles. The molecule has 1 amide bonds. The van der Waals surface area contributed by atoms with Crippen LogP contribution in [0.1, 0.15) is 37.4 Å². The quantitative estimate of drug-likeness (QED) is 0.148. The largest absolute Gasteiger partial charge is 0.478 e. The predicted molar refractivity (Wildman–Crippen MR) is 141 cm³/mol. The molecule has 0 aliphatic rings. The molecule has 0 aliphatic carbocycles. The fourth-order valence-electron chi connectivity index (χ4n) is 3.74. The molecular formula is C29H26N2O6. The van der Waals surface area contributed by atoms with Crippen molar-refractivity contribution in [1.29, 1.82) is 0 Å². The molecule has 0 fully saturated rings. The number of carbonyl (C=O) groups excluding carboxylic acids is 1. The summed E-state index contributed by atoms with van der Waals surface area (Å²) in [5.74, 6) is -0.466. The molecule has 0 saturated heterocycles. The van der Waals surface area contributed by atoms with E-state index < -0.39 is 11.9 Å².